The maximum absolute atomic E-state index is 13.5. The Bertz CT molecular complexity index is 820. The SMILES string of the molecule is CCc1nnc2c(=O)[nH]c3cc(N)c(F)cc3n12. The van der Waals surface area contributed by atoms with Gasteiger partial charge in [0.25, 0.3) is 5.56 Å². The number of halogens is 1. The van der Waals surface area contributed by atoms with E-state index in [0.717, 1.165) is 0 Å². The Hall–Kier alpha value is -2.44. The predicted octanol–water partition coefficient (Wildman–Crippen LogP) is 0.855. The van der Waals surface area contributed by atoms with E-state index >= 15 is 0 Å². The fraction of sp³-hybridized carbons (Fsp3) is 0.182. The van der Waals surface area contributed by atoms with Gasteiger partial charge in [-0.05, 0) is 6.07 Å². The Morgan fingerprint density at radius 1 is 1.44 bits per heavy atom. The lowest BCUT2D eigenvalue weighted by Gasteiger charge is -2.05. The fourth-order valence-electron chi connectivity index (χ4n) is 1.99. The van der Waals surface area contributed by atoms with Gasteiger partial charge in [-0.3, -0.25) is 9.20 Å². The van der Waals surface area contributed by atoms with Crippen LogP contribution in [0.5, 0.6) is 0 Å². The predicted molar refractivity (Wildman–Crippen MR) is 64.9 cm³/mol. The van der Waals surface area contributed by atoms with Crippen LogP contribution in [0.15, 0.2) is 16.9 Å². The molecule has 0 amide bonds. The molecule has 6 nitrogen and oxygen atoms in total. The van der Waals surface area contributed by atoms with Crippen LogP contribution in [-0.4, -0.2) is 19.6 Å². The van der Waals surface area contributed by atoms with Gasteiger partial charge >= 0.3 is 0 Å². The van der Waals surface area contributed by atoms with Crippen molar-refractivity contribution in [1.29, 1.82) is 0 Å². The summed E-state index contributed by atoms with van der Waals surface area (Å²) in [6.07, 6.45) is 0.589. The Balaban J connectivity index is 2.61. The fourth-order valence-corrected chi connectivity index (χ4v) is 1.99. The minimum atomic E-state index is -0.536. The van der Waals surface area contributed by atoms with Crippen molar-refractivity contribution < 1.29 is 4.39 Å². The van der Waals surface area contributed by atoms with E-state index in [1.54, 1.807) is 4.40 Å². The molecule has 0 aliphatic heterocycles. The van der Waals surface area contributed by atoms with Gasteiger partial charge in [-0.2, -0.15) is 0 Å². The summed E-state index contributed by atoms with van der Waals surface area (Å²) in [5, 5.41) is 7.72. The normalized spacial score (nSPS) is 11.4. The number of hydrogen-bond donors (Lipinski definition) is 2. The second-order valence-corrected chi connectivity index (χ2v) is 3.97. The molecule has 7 heteroatoms. The lowest BCUT2D eigenvalue weighted by molar-refractivity contribution is 0.633. The molecule has 0 saturated carbocycles. The molecule has 2 aromatic heterocycles. The second-order valence-electron chi connectivity index (χ2n) is 3.97. The third-order valence-corrected chi connectivity index (χ3v) is 2.85. The zero-order chi connectivity index (χ0) is 12.9. The molecule has 0 spiro atoms. The molecule has 2 heterocycles. The second kappa shape index (κ2) is 3.52. The molecule has 1 aromatic carbocycles. The molecule has 0 unspecified atom stereocenters. The van der Waals surface area contributed by atoms with Gasteiger partial charge in [-0.1, -0.05) is 6.92 Å². The van der Waals surface area contributed by atoms with Crippen LogP contribution in [-0.2, 0) is 6.42 Å². The van der Waals surface area contributed by atoms with Crippen molar-refractivity contribution >= 4 is 22.4 Å². The number of nitrogens with two attached hydrogens (primary N) is 1. The van der Waals surface area contributed by atoms with Gasteiger partial charge in [0.15, 0.2) is 0 Å². The minimum Gasteiger partial charge on any atom is -0.396 e. The van der Waals surface area contributed by atoms with Crippen molar-refractivity contribution in [2.24, 2.45) is 0 Å². The van der Waals surface area contributed by atoms with Crippen molar-refractivity contribution in [3.63, 3.8) is 0 Å². The van der Waals surface area contributed by atoms with Gasteiger partial charge in [-0.25, -0.2) is 4.39 Å². The average Bonchev–Trinajstić information content (AvgIpc) is 2.76. The summed E-state index contributed by atoms with van der Waals surface area (Å²) >= 11 is 0. The Morgan fingerprint density at radius 2 is 2.22 bits per heavy atom. The molecule has 3 N–H and O–H groups in total. The number of nitrogens with one attached hydrogen (secondary N) is 1. The van der Waals surface area contributed by atoms with E-state index in [1.807, 2.05) is 6.92 Å². The van der Waals surface area contributed by atoms with Gasteiger partial charge in [0, 0.05) is 12.5 Å². The molecule has 3 rings (SSSR count). The quantitative estimate of drug-likeness (QED) is 0.624. The van der Waals surface area contributed by atoms with Crippen LogP contribution in [0.3, 0.4) is 0 Å². The number of H-pyrrole nitrogens is 1. The summed E-state index contributed by atoms with van der Waals surface area (Å²) < 4.78 is 15.1. The van der Waals surface area contributed by atoms with E-state index in [9.17, 15) is 9.18 Å². The number of benzene rings is 1. The maximum atomic E-state index is 13.5. The van der Waals surface area contributed by atoms with Crippen LogP contribution < -0.4 is 11.3 Å². The molecular formula is C11H10FN5O. The highest BCUT2D eigenvalue weighted by atomic mass is 19.1. The molecule has 0 atom stereocenters. The van der Waals surface area contributed by atoms with Crippen LogP contribution in [0.4, 0.5) is 10.1 Å². The zero-order valence-corrected chi connectivity index (χ0v) is 9.57. The number of rotatable bonds is 1. The molecule has 0 aliphatic carbocycles. The number of nitrogen functional groups attached to an aromatic ring is 1. The highest BCUT2D eigenvalue weighted by Gasteiger charge is 2.13. The van der Waals surface area contributed by atoms with Gasteiger partial charge in [0.1, 0.15) is 11.6 Å². The molecule has 0 bridgehead atoms. The highest BCUT2D eigenvalue weighted by molar-refractivity contribution is 5.81. The van der Waals surface area contributed by atoms with E-state index in [2.05, 4.69) is 15.2 Å². The van der Waals surface area contributed by atoms with Crippen LogP contribution >= 0.6 is 0 Å². The molecular weight excluding hydrogens is 237 g/mol. The van der Waals surface area contributed by atoms with Crippen molar-refractivity contribution in [2.45, 2.75) is 13.3 Å². The van der Waals surface area contributed by atoms with Crippen LogP contribution in [0, 0.1) is 5.82 Å². The lowest BCUT2D eigenvalue weighted by atomic mass is 10.2. The Morgan fingerprint density at radius 3 is 2.94 bits per heavy atom. The van der Waals surface area contributed by atoms with Gasteiger partial charge < -0.3 is 10.7 Å². The van der Waals surface area contributed by atoms with Crippen LogP contribution in [0.25, 0.3) is 16.7 Å². The van der Waals surface area contributed by atoms with Crippen molar-refractivity contribution in [3.8, 4) is 0 Å². The number of aromatic amines is 1. The number of anilines is 1. The monoisotopic (exact) mass is 247 g/mol. The molecule has 3 aromatic rings. The first-order valence-electron chi connectivity index (χ1n) is 5.47. The third-order valence-electron chi connectivity index (χ3n) is 2.85. The van der Waals surface area contributed by atoms with Crippen LogP contribution in [0.1, 0.15) is 12.7 Å². The van der Waals surface area contributed by atoms with Gasteiger partial charge in [-0.15, -0.1) is 10.2 Å². The molecule has 92 valence electrons. The molecule has 0 fully saturated rings. The standard InChI is InChI=1S/C11H10FN5O/c1-2-9-15-16-10-11(18)14-7-4-6(13)5(12)3-8(7)17(9)10/h3-4H,2,13H2,1H3,(H,14,18). The Labute approximate surface area is 100 Å². The lowest BCUT2D eigenvalue weighted by Crippen LogP contribution is -2.12. The van der Waals surface area contributed by atoms with Crippen molar-refractivity contribution in [3.05, 3.63) is 34.1 Å². The largest absolute Gasteiger partial charge is 0.396 e. The number of aromatic nitrogens is 4. The first-order chi connectivity index (χ1) is 8.61. The van der Waals surface area contributed by atoms with E-state index in [1.165, 1.54) is 12.1 Å². The summed E-state index contributed by atoms with van der Waals surface area (Å²) in [7, 11) is 0. The average molecular weight is 247 g/mol. The Kier molecular flexibility index (Phi) is 2.09. The molecule has 18 heavy (non-hydrogen) atoms. The number of aryl methyl sites for hydroxylation is 1. The topological polar surface area (TPSA) is 89.1 Å². The minimum absolute atomic E-state index is 0.0105. The summed E-state index contributed by atoms with van der Waals surface area (Å²) in [4.78, 5) is 14.4. The van der Waals surface area contributed by atoms with E-state index < -0.39 is 5.82 Å². The first-order valence-corrected chi connectivity index (χ1v) is 5.47. The zero-order valence-electron chi connectivity index (χ0n) is 9.57. The molecule has 0 radical (unpaired) electrons. The summed E-state index contributed by atoms with van der Waals surface area (Å²) in [5.41, 5.74) is 6.22. The van der Waals surface area contributed by atoms with Gasteiger partial charge in [0.2, 0.25) is 5.65 Å². The van der Waals surface area contributed by atoms with E-state index in [0.29, 0.717) is 23.3 Å². The molecule has 0 saturated heterocycles. The summed E-state index contributed by atoms with van der Waals surface area (Å²) in [5.74, 6) is 0.0665. The van der Waals surface area contributed by atoms with Gasteiger partial charge in [0.05, 0.1) is 16.7 Å². The highest BCUT2D eigenvalue weighted by Crippen LogP contribution is 2.19. The smallest absolute Gasteiger partial charge is 0.294 e. The first kappa shape index (κ1) is 10.7. The van der Waals surface area contributed by atoms with Crippen molar-refractivity contribution in [1.82, 2.24) is 19.6 Å². The number of nitrogens with zero attached hydrogens (tertiary/aromatic N) is 3. The third kappa shape index (κ3) is 1.30. The summed E-state index contributed by atoms with van der Waals surface area (Å²) in [6.45, 7) is 1.89. The number of hydrogen-bond acceptors (Lipinski definition) is 4. The van der Waals surface area contributed by atoms with E-state index in [4.69, 9.17) is 5.73 Å². The van der Waals surface area contributed by atoms with E-state index in [-0.39, 0.29) is 16.9 Å². The van der Waals surface area contributed by atoms with Crippen molar-refractivity contribution in [2.75, 3.05) is 5.73 Å². The van der Waals surface area contributed by atoms with Crippen LogP contribution in [0.2, 0.25) is 0 Å². The number of fused-ring (bicyclic) bond motifs is 3. The summed E-state index contributed by atoms with van der Waals surface area (Å²) in [6, 6.07) is 2.67. The molecule has 0 aliphatic rings. The maximum Gasteiger partial charge on any atom is 0.294 e.